The van der Waals surface area contributed by atoms with E-state index in [0.717, 1.165) is 6.07 Å². The Hall–Kier alpha value is -1.73. The standard InChI is InChI=1S/C16H17F6NO/c17-15(18,19)8-5-14(24)23-9-6-11(7-10-23)12-3-1-2-4-13(12)16(20,21)22/h1-4,11H,5-10H2. The van der Waals surface area contributed by atoms with Gasteiger partial charge in [0, 0.05) is 19.5 Å². The molecule has 0 N–H and O–H groups in total. The van der Waals surface area contributed by atoms with Crippen molar-refractivity contribution in [3.05, 3.63) is 35.4 Å². The van der Waals surface area contributed by atoms with Crippen LogP contribution in [0.5, 0.6) is 0 Å². The zero-order valence-corrected chi connectivity index (χ0v) is 12.8. The van der Waals surface area contributed by atoms with Crippen LogP contribution in [0.3, 0.4) is 0 Å². The van der Waals surface area contributed by atoms with Crippen molar-refractivity contribution in [2.24, 2.45) is 0 Å². The van der Waals surface area contributed by atoms with Crippen LogP contribution in [-0.2, 0) is 11.0 Å². The van der Waals surface area contributed by atoms with Gasteiger partial charge in [-0.2, -0.15) is 26.3 Å². The van der Waals surface area contributed by atoms with Crippen molar-refractivity contribution >= 4 is 5.91 Å². The summed E-state index contributed by atoms with van der Waals surface area (Å²) in [5.74, 6) is -0.954. The molecule has 0 aromatic heterocycles. The number of carbonyl (C=O) groups excluding carboxylic acids is 1. The fraction of sp³-hybridized carbons (Fsp3) is 0.562. The lowest BCUT2D eigenvalue weighted by atomic mass is 9.86. The number of rotatable bonds is 3. The van der Waals surface area contributed by atoms with E-state index in [2.05, 4.69) is 0 Å². The molecular weight excluding hydrogens is 336 g/mol. The van der Waals surface area contributed by atoms with Crippen molar-refractivity contribution in [1.82, 2.24) is 4.90 Å². The third kappa shape index (κ3) is 4.88. The lowest BCUT2D eigenvalue weighted by Gasteiger charge is -2.33. The van der Waals surface area contributed by atoms with Gasteiger partial charge < -0.3 is 4.90 Å². The zero-order valence-electron chi connectivity index (χ0n) is 12.8. The summed E-state index contributed by atoms with van der Waals surface area (Å²) in [5.41, 5.74) is -0.501. The lowest BCUT2D eigenvalue weighted by molar-refractivity contribution is -0.149. The highest BCUT2D eigenvalue weighted by Crippen LogP contribution is 2.38. The molecule has 1 aromatic rings. The fourth-order valence-electron chi connectivity index (χ4n) is 2.96. The van der Waals surface area contributed by atoms with Crippen LogP contribution in [0.15, 0.2) is 24.3 Å². The summed E-state index contributed by atoms with van der Waals surface area (Å²) in [6, 6.07) is 5.30. The van der Waals surface area contributed by atoms with Gasteiger partial charge in [0.2, 0.25) is 5.91 Å². The molecule has 0 aliphatic carbocycles. The molecule has 1 amide bonds. The Labute approximate surface area is 135 Å². The second-order valence-electron chi connectivity index (χ2n) is 5.86. The molecule has 0 spiro atoms. The Morgan fingerprint density at radius 2 is 1.62 bits per heavy atom. The monoisotopic (exact) mass is 353 g/mol. The first-order chi connectivity index (χ1) is 11.1. The molecule has 1 aliphatic rings. The van der Waals surface area contributed by atoms with Crippen LogP contribution in [0.25, 0.3) is 0 Å². The summed E-state index contributed by atoms with van der Waals surface area (Å²) in [4.78, 5) is 13.1. The predicted octanol–water partition coefficient (Wildman–Crippen LogP) is 4.75. The largest absolute Gasteiger partial charge is 0.416 e. The predicted molar refractivity (Wildman–Crippen MR) is 75.3 cm³/mol. The summed E-state index contributed by atoms with van der Waals surface area (Å²) < 4.78 is 75.6. The van der Waals surface area contributed by atoms with Crippen LogP contribution < -0.4 is 0 Å². The first-order valence-corrected chi connectivity index (χ1v) is 7.58. The van der Waals surface area contributed by atoms with Crippen LogP contribution in [0.4, 0.5) is 26.3 Å². The average Bonchev–Trinajstić information content (AvgIpc) is 2.51. The molecule has 2 nitrogen and oxygen atoms in total. The second kappa shape index (κ2) is 7.03. The Balaban J connectivity index is 1.98. The number of hydrogen-bond donors (Lipinski definition) is 0. The maximum atomic E-state index is 13.0. The van der Waals surface area contributed by atoms with E-state index in [9.17, 15) is 31.1 Å². The van der Waals surface area contributed by atoms with Gasteiger partial charge in [-0.15, -0.1) is 0 Å². The lowest BCUT2D eigenvalue weighted by Crippen LogP contribution is -2.38. The van der Waals surface area contributed by atoms with Crippen molar-refractivity contribution in [1.29, 1.82) is 0 Å². The third-order valence-corrected chi connectivity index (χ3v) is 4.18. The van der Waals surface area contributed by atoms with E-state index in [1.807, 2.05) is 0 Å². The number of amides is 1. The van der Waals surface area contributed by atoms with Gasteiger partial charge in [0.1, 0.15) is 0 Å². The van der Waals surface area contributed by atoms with E-state index in [4.69, 9.17) is 0 Å². The number of carbonyl (C=O) groups is 1. The van der Waals surface area contributed by atoms with Crippen molar-refractivity contribution in [3.63, 3.8) is 0 Å². The number of hydrogen-bond acceptors (Lipinski definition) is 1. The molecule has 24 heavy (non-hydrogen) atoms. The normalized spacial score (nSPS) is 17.2. The maximum absolute atomic E-state index is 13.0. The van der Waals surface area contributed by atoms with Crippen LogP contribution >= 0.6 is 0 Å². The van der Waals surface area contributed by atoms with Gasteiger partial charge in [-0.1, -0.05) is 18.2 Å². The van der Waals surface area contributed by atoms with Gasteiger partial charge in [0.25, 0.3) is 0 Å². The molecule has 1 fully saturated rings. The number of alkyl halides is 6. The van der Waals surface area contributed by atoms with Crippen LogP contribution in [0, 0.1) is 0 Å². The fourth-order valence-corrected chi connectivity index (χ4v) is 2.96. The quantitative estimate of drug-likeness (QED) is 0.718. The van der Waals surface area contributed by atoms with Gasteiger partial charge in [0.05, 0.1) is 12.0 Å². The Bertz CT molecular complexity index is 573. The van der Waals surface area contributed by atoms with E-state index in [0.29, 0.717) is 12.8 Å². The molecule has 2 rings (SSSR count). The molecule has 134 valence electrons. The van der Waals surface area contributed by atoms with Gasteiger partial charge in [-0.25, -0.2) is 0 Å². The minimum atomic E-state index is -4.45. The molecule has 1 heterocycles. The summed E-state index contributed by atoms with van der Waals surface area (Å²) >= 11 is 0. The maximum Gasteiger partial charge on any atom is 0.416 e. The van der Waals surface area contributed by atoms with Crippen molar-refractivity contribution < 1.29 is 31.1 Å². The zero-order chi connectivity index (χ0) is 18.0. The number of nitrogens with zero attached hydrogens (tertiary/aromatic N) is 1. The number of likely N-dealkylation sites (tertiary alicyclic amines) is 1. The number of benzene rings is 1. The highest BCUT2D eigenvalue weighted by atomic mass is 19.4. The van der Waals surface area contributed by atoms with E-state index in [1.54, 1.807) is 0 Å². The number of piperidine rings is 1. The molecular formula is C16H17F6NO. The van der Waals surface area contributed by atoms with Crippen molar-refractivity contribution in [2.45, 2.75) is 44.0 Å². The first-order valence-electron chi connectivity index (χ1n) is 7.58. The van der Waals surface area contributed by atoms with E-state index < -0.39 is 36.7 Å². The van der Waals surface area contributed by atoms with Crippen molar-refractivity contribution in [2.75, 3.05) is 13.1 Å². The van der Waals surface area contributed by atoms with E-state index >= 15 is 0 Å². The molecule has 1 aliphatic heterocycles. The summed E-state index contributed by atoms with van der Waals surface area (Å²) in [6.07, 6.45) is -10.0. The molecule has 1 saturated heterocycles. The molecule has 0 saturated carbocycles. The van der Waals surface area contributed by atoms with Crippen LogP contribution in [0.1, 0.15) is 42.7 Å². The highest BCUT2D eigenvalue weighted by Gasteiger charge is 2.36. The third-order valence-electron chi connectivity index (χ3n) is 4.18. The first kappa shape index (κ1) is 18.6. The topological polar surface area (TPSA) is 20.3 Å². The van der Waals surface area contributed by atoms with Crippen LogP contribution in [-0.4, -0.2) is 30.1 Å². The van der Waals surface area contributed by atoms with Crippen molar-refractivity contribution in [3.8, 4) is 0 Å². The molecule has 8 heteroatoms. The van der Waals surface area contributed by atoms with Gasteiger partial charge in [-0.05, 0) is 30.4 Å². The summed E-state index contributed by atoms with van der Waals surface area (Å²) in [5, 5.41) is 0. The minimum absolute atomic E-state index is 0.174. The number of halogens is 6. The average molecular weight is 353 g/mol. The minimum Gasteiger partial charge on any atom is -0.343 e. The van der Waals surface area contributed by atoms with E-state index in [1.165, 1.54) is 23.1 Å². The SMILES string of the molecule is O=C(CCC(F)(F)F)N1CCC(c2ccccc2C(F)(F)F)CC1. The molecule has 1 aromatic carbocycles. The van der Waals surface area contributed by atoms with Gasteiger partial charge in [0.15, 0.2) is 0 Å². The Morgan fingerprint density at radius 3 is 2.17 bits per heavy atom. The highest BCUT2D eigenvalue weighted by molar-refractivity contribution is 5.76. The summed E-state index contributed by atoms with van der Waals surface area (Å²) in [6.45, 7) is 0.348. The second-order valence-corrected chi connectivity index (χ2v) is 5.86. The van der Waals surface area contributed by atoms with Gasteiger partial charge in [-0.3, -0.25) is 4.79 Å². The van der Waals surface area contributed by atoms with Gasteiger partial charge >= 0.3 is 12.4 Å². The van der Waals surface area contributed by atoms with E-state index in [-0.39, 0.29) is 24.6 Å². The summed E-state index contributed by atoms with van der Waals surface area (Å²) in [7, 11) is 0. The molecule has 0 unspecified atom stereocenters. The molecule has 0 bridgehead atoms. The Kier molecular flexibility index (Phi) is 5.45. The molecule has 0 atom stereocenters. The molecule has 0 radical (unpaired) electrons. The smallest absolute Gasteiger partial charge is 0.343 e. The van der Waals surface area contributed by atoms with Crippen LogP contribution in [0.2, 0.25) is 0 Å². The Morgan fingerprint density at radius 1 is 1.04 bits per heavy atom.